The molecule has 6 heteroatoms. The molecule has 1 aromatic heterocycles. The lowest BCUT2D eigenvalue weighted by Crippen LogP contribution is -2.22. The fourth-order valence-electron chi connectivity index (χ4n) is 0.964. The molecular weight excluding hydrogens is 182 g/mol. The van der Waals surface area contributed by atoms with Gasteiger partial charge in [0, 0.05) is 13.1 Å². The molecule has 14 heavy (non-hydrogen) atoms. The maximum atomic E-state index is 10.5. The van der Waals surface area contributed by atoms with Gasteiger partial charge in [0.2, 0.25) is 5.91 Å². The van der Waals surface area contributed by atoms with Crippen molar-refractivity contribution in [2.75, 3.05) is 24.2 Å². The molecule has 1 rings (SSSR count). The molecular formula is C8H13N5O. The first-order valence-corrected chi connectivity index (χ1v) is 4.17. The summed E-state index contributed by atoms with van der Waals surface area (Å²) in [5, 5.41) is 5.68. The summed E-state index contributed by atoms with van der Waals surface area (Å²) in [6.07, 6.45) is 0. The van der Waals surface area contributed by atoms with Gasteiger partial charge in [-0.25, -0.2) is 9.97 Å². The molecule has 0 atom stereocenters. The van der Waals surface area contributed by atoms with E-state index in [1.807, 2.05) is 0 Å². The number of carbonyl (C=O) groups excluding carboxylic acids is 1. The summed E-state index contributed by atoms with van der Waals surface area (Å²) >= 11 is 0. The zero-order chi connectivity index (χ0) is 10.6. The van der Waals surface area contributed by atoms with Crippen molar-refractivity contribution >= 4 is 17.5 Å². The quantitative estimate of drug-likeness (QED) is 0.614. The Kier molecular flexibility index (Phi) is 3.22. The highest BCUT2D eigenvalue weighted by Crippen LogP contribution is 2.09. The Morgan fingerprint density at radius 2 is 2.14 bits per heavy atom. The second-order valence-corrected chi connectivity index (χ2v) is 2.76. The molecule has 1 aromatic rings. The van der Waals surface area contributed by atoms with Gasteiger partial charge in [0.05, 0.1) is 6.54 Å². The lowest BCUT2D eigenvalue weighted by atomic mass is 10.4. The number of aryl methyl sites for hydroxylation is 1. The molecule has 0 saturated carbocycles. The van der Waals surface area contributed by atoms with E-state index in [4.69, 9.17) is 5.73 Å². The van der Waals surface area contributed by atoms with E-state index < -0.39 is 5.91 Å². The van der Waals surface area contributed by atoms with E-state index in [2.05, 4.69) is 20.6 Å². The number of nitrogens with zero attached hydrogens (tertiary/aromatic N) is 2. The molecule has 1 heterocycles. The highest BCUT2D eigenvalue weighted by atomic mass is 16.1. The maximum absolute atomic E-state index is 10.5. The number of nitrogens with two attached hydrogens (primary N) is 1. The van der Waals surface area contributed by atoms with E-state index in [-0.39, 0.29) is 6.54 Å². The Hall–Kier alpha value is -1.85. The second kappa shape index (κ2) is 4.40. The van der Waals surface area contributed by atoms with Crippen LogP contribution in [0, 0.1) is 6.92 Å². The van der Waals surface area contributed by atoms with Crippen molar-refractivity contribution in [3.63, 3.8) is 0 Å². The number of anilines is 2. The largest absolute Gasteiger partial charge is 0.373 e. The Morgan fingerprint density at radius 1 is 1.50 bits per heavy atom. The van der Waals surface area contributed by atoms with Crippen molar-refractivity contribution in [3.05, 3.63) is 11.9 Å². The van der Waals surface area contributed by atoms with E-state index in [1.165, 1.54) is 0 Å². The average molecular weight is 195 g/mol. The minimum absolute atomic E-state index is 0.0691. The highest BCUT2D eigenvalue weighted by molar-refractivity contribution is 5.78. The summed E-state index contributed by atoms with van der Waals surface area (Å²) in [5.74, 6) is 1.49. The standard InChI is InChI=1S/C8H13N5O/c1-5-12-7(10-2)3-8(13-5)11-4-6(9)14/h3H,4H2,1-2H3,(H2,9,14)(H2,10,11,12,13). The van der Waals surface area contributed by atoms with Crippen LogP contribution in [0.25, 0.3) is 0 Å². The van der Waals surface area contributed by atoms with E-state index in [0.717, 1.165) is 0 Å². The summed E-state index contributed by atoms with van der Waals surface area (Å²) < 4.78 is 0. The SMILES string of the molecule is CNc1cc(NCC(N)=O)nc(C)n1. The monoisotopic (exact) mass is 195 g/mol. The topological polar surface area (TPSA) is 92.9 Å². The Balaban J connectivity index is 2.76. The first-order chi connectivity index (χ1) is 6.61. The molecule has 0 radical (unpaired) electrons. The van der Waals surface area contributed by atoms with Crippen LogP contribution in [-0.4, -0.2) is 29.5 Å². The summed E-state index contributed by atoms with van der Waals surface area (Å²) in [7, 11) is 1.76. The van der Waals surface area contributed by atoms with Crippen molar-refractivity contribution in [1.29, 1.82) is 0 Å². The second-order valence-electron chi connectivity index (χ2n) is 2.76. The molecule has 0 saturated heterocycles. The van der Waals surface area contributed by atoms with Crippen LogP contribution in [0.5, 0.6) is 0 Å². The van der Waals surface area contributed by atoms with Crippen LogP contribution < -0.4 is 16.4 Å². The van der Waals surface area contributed by atoms with Crippen LogP contribution in [0.15, 0.2) is 6.07 Å². The highest BCUT2D eigenvalue weighted by Gasteiger charge is 2.00. The zero-order valence-electron chi connectivity index (χ0n) is 8.16. The third-order valence-electron chi connectivity index (χ3n) is 1.54. The number of rotatable bonds is 4. The Morgan fingerprint density at radius 3 is 2.71 bits per heavy atom. The van der Waals surface area contributed by atoms with Gasteiger partial charge in [-0.1, -0.05) is 0 Å². The molecule has 4 N–H and O–H groups in total. The van der Waals surface area contributed by atoms with Crippen molar-refractivity contribution in [3.8, 4) is 0 Å². The molecule has 0 aliphatic rings. The van der Waals surface area contributed by atoms with Gasteiger partial charge in [0.25, 0.3) is 0 Å². The van der Waals surface area contributed by atoms with Crippen molar-refractivity contribution in [2.45, 2.75) is 6.92 Å². The molecule has 0 spiro atoms. The first-order valence-electron chi connectivity index (χ1n) is 4.17. The van der Waals surface area contributed by atoms with E-state index in [9.17, 15) is 4.79 Å². The minimum Gasteiger partial charge on any atom is -0.373 e. The number of nitrogens with one attached hydrogen (secondary N) is 2. The van der Waals surface area contributed by atoms with Crippen molar-refractivity contribution in [2.24, 2.45) is 5.73 Å². The third kappa shape index (κ3) is 2.89. The van der Waals surface area contributed by atoms with E-state index >= 15 is 0 Å². The number of aromatic nitrogens is 2. The Labute approximate surface area is 81.9 Å². The summed E-state index contributed by atoms with van der Waals surface area (Å²) in [4.78, 5) is 18.7. The van der Waals surface area contributed by atoms with Gasteiger partial charge in [-0.2, -0.15) is 0 Å². The minimum atomic E-state index is -0.424. The molecule has 0 fully saturated rings. The van der Waals surface area contributed by atoms with Crippen LogP contribution in [0.1, 0.15) is 5.82 Å². The third-order valence-corrected chi connectivity index (χ3v) is 1.54. The van der Waals surface area contributed by atoms with E-state index in [0.29, 0.717) is 17.5 Å². The normalized spacial score (nSPS) is 9.57. The number of hydrogen-bond donors (Lipinski definition) is 3. The van der Waals surface area contributed by atoms with Crippen LogP contribution in [0.3, 0.4) is 0 Å². The summed E-state index contributed by atoms with van der Waals surface area (Å²) in [5.41, 5.74) is 4.99. The lowest BCUT2D eigenvalue weighted by molar-refractivity contribution is -0.116. The molecule has 0 aliphatic carbocycles. The van der Waals surface area contributed by atoms with Gasteiger partial charge < -0.3 is 16.4 Å². The van der Waals surface area contributed by atoms with E-state index in [1.54, 1.807) is 20.0 Å². The molecule has 1 amide bonds. The predicted octanol–water partition coefficient (Wildman–Crippen LogP) is -0.276. The smallest absolute Gasteiger partial charge is 0.236 e. The molecule has 0 bridgehead atoms. The van der Waals surface area contributed by atoms with Gasteiger partial charge in [0.1, 0.15) is 17.5 Å². The van der Waals surface area contributed by atoms with Crippen LogP contribution in [0.2, 0.25) is 0 Å². The average Bonchev–Trinajstić information content (AvgIpc) is 2.14. The number of primary amides is 1. The number of carbonyl (C=O) groups is 1. The molecule has 0 unspecified atom stereocenters. The van der Waals surface area contributed by atoms with Gasteiger partial charge in [-0.05, 0) is 6.92 Å². The molecule has 76 valence electrons. The molecule has 6 nitrogen and oxygen atoms in total. The van der Waals surface area contributed by atoms with Crippen LogP contribution in [0.4, 0.5) is 11.6 Å². The molecule has 0 aromatic carbocycles. The van der Waals surface area contributed by atoms with Gasteiger partial charge >= 0.3 is 0 Å². The Bertz CT molecular complexity index is 339. The number of amides is 1. The van der Waals surface area contributed by atoms with Crippen molar-refractivity contribution < 1.29 is 4.79 Å². The lowest BCUT2D eigenvalue weighted by Gasteiger charge is -2.06. The van der Waals surface area contributed by atoms with Gasteiger partial charge in [0.15, 0.2) is 0 Å². The fraction of sp³-hybridized carbons (Fsp3) is 0.375. The fourth-order valence-corrected chi connectivity index (χ4v) is 0.964. The van der Waals surface area contributed by atoms with Crippen molar-refractivity contribution in [1.82, 2.24) is 9.97 Å². The first kappa shape index (κ1) is 10.2. The van der Waals surface area contributed by atoms with Gasteiger partial charge in [-0.3, -0.25) is 4.79 Å². The van der Waals surface area contributed by atoms with Crippen LogP contribution in [-0.2, 0) is 4.79 Å². The summed E-state index contributed by atoms with van der Waals surface area (Å²) in [6, 6.07) is 1.70. The summed E-state index contributed by atoms with van der Waals surface area (Å²) in [6.45, 7) is 1.84. The zero-order valence-corrected chi connectivity index (χ0v) is 8.16. The van der Waals surface area contributed by atoms with Crippen LogP contribution >= 0.6 is 0 Å². The maximum Gasteiger partial charge on any atom is 0.236 e. The van der Waals surface area contributed by atoms with Gasteiger partial charge in [-0.15, -0.1) is 0 Å². The predicted molar refractivity (Wildman–Crippen MR) is 54.0 cm³/mol. The number of hydrogen-bond acceptors (Lipinski definition) is 5. The molecule has 0 aliphatic heterocycles.